The van der Waals surface area contributed by atoms with Crippen LogP contribution in [0.15, 0.2) is 27.6 Å². The number of anilines is 1. The van der Waals surface area contributed by atoms with Crippen molar-refractivity contribution in [1.29, 1.82) is 0 Å². The summed E-state index contributed by atoms with van der Waals surface area (Å²) in [5, 5.41) is 8.97. The van der Waals surface area contributed by atoms with E-state index in [9.17, 15) is 18.0 Å². The number of aryl methyl sites for hydroxylation is 3. The average Bonchev–Trinajstić information content (AvgIpc) is 2.95. The topological polar surface area (TPSA) is 130 Å². The lowest BCUT2D eigenvalue weighted by atomic mass is 10.1. The van der Waals surface area contributed by atoms with Crippen LogP contribution >= 0.6 is 0 Å². The first-order chi connectivity index (χ1) is 13.1. The van der Waals surface area contributed by atoms with E-state index in [4.69, 9.17) is 4.52 Å². The fraction of sp³-hybridized carbons (Fsp3) is 0.389. The van der Waals surface area contributed by atoms with Crippen molar-refractivity contribution >= 4 is 27.5 Å². The number of carbonyl (C=O) groups is 2. The highest BCUT2D eigenvalue weighted by molar-refractivity contribution is 7.89. The summed E-state index contributed by atoms with van der Waals surface area (Å²) in [5.41, 5.74) is 1.77. The van der Waals surface area contributed by atoms with Crippen LogP contribution in [0.4, 0.5) is 5.69 Å². The molecule has 2 aromatic rings. The average molecular weight is 408 g/mol. The van der Waals surface area contributed by atoms with Gasteiger partial charge in [-0.1, -0.05) is 11.2 Å². The number of rotatable bonds is 7. The smallest absolute Gasteiger partial charge is 0.251 e. The normalized spacial score (nSPS) is 12.5. The molecule has 0 bridgehead atoms. The van der Waals surface area contributed by atoms with Crippen LogP contribution < -0.4 is 15.4 Å². The lowest BCUT2D eigenvalue weighted by molar-refractivity contribution is -0.117. The Bertz CT molecular complexity index is 978. The first-order valence-corrected chi connectivity index (χ1v) is 10.2. The summed E-state index contributed by atoms with van der Waals surface area (Å²) in [4.78, 5) is 24.4. The van der Waals surface area contributed by atoms with Gasteiger partial charge in [0, 0.05) is 17.8 Å². The van der Waals surface area contributed by atoms with Gasteiger partial charge >= 0.3 is 0 Å². The summed E-state index contributed by atoms with van der Waals surface area (Å²) in [6.45, 7) is 8.47. The van der Waals surface area contributed by atoms with Crippen LogP contribution in [-0.4, -0.2) is 38.0 Å². The minimum atomic E-state index is -3.99. The SMILES string of the molecule is CCNC(=O)c1ccc(C)c(NC(=O)[C@H](C)NS(=O)(=O)c2c(C)noc2C)c1. The monoisotopic (exact) mass is 408 g/mol. The minimum absolute atomic E-state index is 0.0819. The van der Waals surface area contributed by atoms with Crippen molar-refractivity contribution in [3.8, 4) is 0 Å². The Morgan fingerprint density at radius 1 is 1.21 bits per heavy atom. The highest BCUT2D eigenvalue weighted by atomic mass is 32.2. The third kappa shape index (κ3) is 4.76. The molecule has 0 radical (unpaired) electrons. The minimum Gasteiger partial charge on any atom is -0.360 e. The molecule has 1 heterocycles. The van der Waals surface area contributed by atoms with E-state index in [0.29, 0.717) is 17.8 Å². The van der Waals surface area contributed by atoms with E-state index in [1.54, 1.807) is 25.1 Å². The lowest BCUT2D eigenvalue weighted by Crippen LogP contribution is -2.41. The maximum atomic E-state index is 12.5. The molecule has 1 atom stereocenters. The summed E-state index contributed by atoms with van der Waals surface area (Å²) in [6, 6.07) is 3.85. The van der Waals surface area contributed by atoms with Gasteiger partial charge in [-0.15, -0.1) is 0 Å². The molecule has 0 saturated heterocycles. The molecular formula is C18H24N4O5S. The van der Waals surface area contributed by atoms with Crippen molar-refractivity contribution in [1.82, 2.24) is 15.2 Å². The van der Waals surface area contributed by atoms with Gasteiger partial charge in [-0.05, 0) is 52.3 Å². The van der Waals surface area contributed by atoms with Crippen molar-refractivity contribution in [2.45, 2.75) is 45.6 Å². The molecule has 1 aromatic heterocycles. The molecule has 1 aromatic carbocycles. The van der Waals surface area contributed by atoms with E-state index in [1.165, 1.54) is 20.8 Å². The number of sulfonamides is 1. The van der Waals surface area contributed by atoms with E-state index in [-0.39, 0.29) is 22.3 Å². The summed E-state index contributed by atoms with van der Waals surface area (Å²) in [6.07, 6.45) is 0. The Balaban J connectivity index is 2.16. The molecule has 0 unspecified atom stereocenters. The Morgan fingerprint density at radius 2 is 1.89 bits per heavy atom. The van der Waals surface area contributed by atoms with Crippen molar-refractivity contribution in [3.05, 3.63) is 40.8 Å². The van der Waals surface area contributed by atoms with E-state index in [2.05, 4.69) is 20.5 Å². The van der Waals surface area contributed by atoms with Gasteiger partial charge in [-0.2, -0.15) is 4.72 Å². The van der Waals surface area contributed by atoms with Gasteiger partial charge in [0.15, 0.2) is 5.76 Å². The summed E-state index contributed by atoms with van der Waals surface area (Å²) in [5.74, 6) is -0.681. The van der Waals surface area contributed by atoms with E-state index in [0.717, 1.165) is 5.56 Å². The zero-order chi connectivity index (χ0) is 21.1. The number of carbonyl (C=O) groups excluding carboxylic acids is 2. The number of hydrogen-bond acceptors (Lipinski definition) is 6. The second kappa shape index (κ2) is 8.53. The largest absolute Gasteiger partial charge is 0.360 e. The van der Waals surface area contributed by atoms with Gasteiger partial charge in [0.05, 0.1) is 6.04 Å². The summed E-state index contributed by atoms with van der Waals surface area (Å²) >= 11 is 0. The van der Waals surface area contributed by atoms with E-state index >= 15 is 0 Å². The molecule has 2 amide bonds. The maximum absolute atomic E-state index is 12.5. The quantitative estimate of drug-likeness (QED) is 0.639. The van der Waals surface area contributed by atoms with Crippen molar-refractivity contribution < 1.29 is 22.5 Å². The molecule has 152 valence electrons. The third-order valence-electron chi connectivity index (χ3n) is 4.06. The molecule has 28 heavy (non-hydrogen) atoms. The second-order valence-electron chi connectivity index (χ2n) is 6.37. The highest BCUT2D eigenvalue weighted by Crippen LogP contribution is 2.20. The molecule has 0 aliphatic carbocycles. The van der Waals surface area contributed by atoms with Crippen LogP contribution in [0.25, 0.3) is 0 Å². The molecule has 10 heteroatoms. The zero-order valence-corrected chi connectivity index (χ0v) is 17.2. The van der Waals surface area contributed by atoms with Crippen LogP contribution in [0, 0.1) is 20.8 Å². The van der Waals surface area contributed by atoms with Gasteiger partial charge in [0.1, 0.15) is 10.6 Å². The Morgan fingerprint density at radius 3 is 2.46 bits per heavy atom. The molecule has 2 rings (SSSR count). The van der Waals surface area contributed by atoms with Gasteiger partial charge in [0.25, 0.3) is 5.91 Å². The summed E-state index contributed by atoms with van der Waals surface area (Å²) in [7, 11) is -3.99. The van der Waals surface area contributed by atoms with Crippen molar-refractivity contribution in [3.63, 3.8) is 0 Å². The van der Waals surface area contributed by atoms with Crippen LogP contribution in [0.3, 0.4) is 0 Å². The van der Waals surface area contributed by atoms with E-state index in [1.807, 2.05) is 6.92 Å². The molecular weight excluding hydrogens is 384 g/mol. The molecule has 0 aliphatic heterocycles. The number of hydrogen-bond donors (Lipinski definition) is 3. The zero-order valence-electron chi connectivity index (χ0n) is 16.4. The van der Waals surface area contributed by atoms with Crippen molar-refractivity contribution in [2.75, 3.05) is 11.9 Å². The molecule has 0 fully saturated rings. The number of nitrogens with zero attached hydrogens (tertiary/aromatic N) is 1. The molecule has 3 N–H and O–H groups in total. The first kappa shape index (κ1) is 21.6. The van der Waals surface area contributed by atoms with Crippen LogP contribution in [-0.2, 0) is 14.8 Å². The van der Waals surface area contributed by atoms with Crippen LogP contribution in [0.2, 0.25) is 0 Å². The van der Waals surface area contributed by atoms with Gasteiger partial charge < -0.3 is 15.2 Å². The number of aromatic nitrogens is 1. The highest BCUT2D eigenvalue weighted by Gasteiger charge is 2.28. The fourth-order valence-corrected chi connectivity index (χ4v) is 4.14. The lowest BCUT2D eigenvalue weighted by Gasteiger charge is -2.16. The standard InChI is InChI=1S/C18H24N4O5S/c1-6-19-18(24)14-8-7-10(2)15(9-14)20-17(23)12(4)22-28(25,26)16-11(3)21-27-13(16)5/h7-9,12,22H,6H2,1-5H3,(H,19,24)(H,20,23)/t12-/m0/s1. The predicted octanol–water partition coefficient (Wildman–Crippen LogP) is 1.66. The number of amides is 2. The fourth-order valence-electron chi connectivity index (χ4n) is 2.60. The predicted molar refractivity (Wildman–Crippen MR) is 104 cm³/mol. The Hall–Kier alpha value is -2.72. The van der Waals surface area contributed by atoms with Gasteiger partial charge in [-0.3, -0.25) is 9.59 Å². The first-order valence-electron chi connectivity index (χ1n) is 8.71. The van der Waals surface area contributed by atoms with Crippen molar-refractivity contribution in [2.24, 2.45) is 0 Å². The van der Waals surface area contributed by atoms with Gasteiger partial charge in [-0.25, -0.2) is 8.42 Å². The second-order valence-corrected chi connectivity index (χ2v) is 8.03. The Labute approximate surface area is 163 Å². The molecule has 0 aliphatic rings. The number of benzene rings is 1. The van der Waals surface area contributed by atoms with E-state index < -0.39 is 22.0 Å². The maximum Gasteiger partial charge on any atom is 0.251 e. The van der Waals surface area contributed by atoms with Crippen LogP contribution in [0.5, 0.6) is 0 Å². The molecule has 0 spiro atoms. The number of nitrogens with one attached hydrogen (secondary N) is 3. The van der Waals surface area contributed by atoms with Crippen LogP contribution in [0.1, 0.15) is 41.2 Å². The molecule has 0 saturated carbocycles. The molecule has 9 nitrogen and oxygen atoms in total. The van der Waals surface area contributed by atoms with Gasteiger partial charge in [0.2, 0.25) is 15.9 Å². The summed E-state index contributed by atoms with van der Waals surface area (Å²) < 4.78 is 32.3. The Kier molecular flexibility index (Phi) is 6.57. The third-order valence-corrected chi connectivity index (χ3v) is 5.84.